The molecule has 4 N–H and O–H groups in total. The summed E-state index contributed by atoms with van der Waals surface area (Å²) in [4.78, 5) is 0. The van der Waals surface area contributed by atoms with Crippen molar-refractivity contribution < 1.29 is 102 Å². The fraction of sp³-hybridized carbons (Fsp3) is 0. The molecule has 0 aliphatic rings. The molecule has 0 atom stereocenters. The number of hydrogen-bond donors (Lipinski definition) is 4. The van der Waals surface area contributed by atoms with Crippen LogP contribution in [0.5, 0.6) is 0 Å². The number of rotatable bonds is 0. The van der Waals surface area contributed by atoms with Crippen LogP contribution in [0.25, 0.3) is 0 Å². The van der Waals surface area contributed by atoms with Crippen LogP contribution in [0.3, 0.4) is 0 Å². The molecule has 0 saturated carbocycles. The topological polar surface area (TPSA) is 149 Å². The van der Waals surface area contributed by atoms with Crippen molar-refractivity contribution in [1.29, 1.82) is 0 Å². The average Bonchev–Trinajstić information content (AvgIpc) is 1.12. The van der Waals surface area contributed by atoms with Crippen molar-refractivity contribution in [3.8, 4) is 0 Å². The minimum atomic E-state index is -5.25. The van der Waals surface area contributed by atoms with E-state index < -0.39 is 27.2 Å². The van der Waals surface area contributed by atoms with Crippen molar-refractivity contribution >= 4 is 0 Å². The maximum absolute atomic E-state index is 8.82. The SMILES string of the molecule is [Cu].[O]=[Cr](=[O])([OH])[OH].[O]=[Cr](=[O])([OH])[OH].[Zr]. The van der Waals surface area contributed by atoms with Gasteiger partial charge in [0.15, 0.2) is 0 Å². The van der Waals surface area contributed by atoms with Crippen LogP contribution in [0.1, 0.15) is 0 Å². The van der Waals surface area contributed by atoms with E-state index in [2.05, 4.69) is 0 Å². The third kappa shape index (κ3) is 559. The first-order valence-electron chi connectivity index (χ1n) is 1.40. The Balaban J connectivity index is -0.0000000457. The standard InChI is InChI=1S/2Cr.Cu.4H2O.4O.Zr/h;;;4*1H2;;;;;/q2*+2;;;;;;;;;;/p-4. The summed E-state index contributed by atoms with van der Waals surface area (Å²) < 4.78 is 63.8. The van der Waals surface area contributed by atoms with E-state index in [-0.39, 0.29) is 43.3 Å². The summed E-state index contributed by atoms with van der Waals surface area (Å²) >= 11 is -10.5. The third-order valence-corrected chi connectivity index (χ3v) is 0. The Bertz CT molecular complexity index is 213. The van der Waals surface area contributed by atoms with Crippen molar-refractivity contribution in [2.45, 2.75) is 0 Å². The van der Waals surface area contributed by atoms with Gasteiger partial charge in [-0.15, -0.1) is 0 Å². The van der Waals surface area contributed by atoms with Crippen LogP contribution in [0.2, 0.25) is 0 Å². The molecule has 79 valence electrons. The van der Waals surface area contributed by atoms with Gasteiger partial charge in [0.2, 0.25) is 0 Å². The normalized spacial score (nSPS) is 9.67. The van der Waals surface area contributed by atoms with Gasteiger partial charge < -0.3 is 0 Å². The summed E-state index contributed by atoms with van der Waals surface area (Å²) in [7, 11) is 0. The van der Waals surface area contributed by atoms with Gasteiger partial charge in [-0.05, 0) is 0 Å². The second-order valence-electron chi connectivity index (χ2n) is 0.896. The summed E-state index contributed by atoms with van der Waals surface area (Å²) in [5, 5.41) is 0. The van der Waals surface area contributed by atoms with Crippen molar-refractivity contribution in [1.82, 2.24) is 0 Å². The van der Waals surface area contributed by atoms with E-state index in [4.69, 9.17) is 31.8 Å². The zero-order chi connectivity index (χ0) is 9.00. The Morgan fingerprint density at radius 2 is 0.667 bits per heavy atom. The fourth-order valence-corrected chi connectivity index (χ4v) is 0. The molecule has 8 nitrogen and oxygen atoms in total. The molecule has 0 heterocycles. The predicted octanol–water partition coefficient (Wildman–Crippen LogP) is -2.71. The summed E-state index contributed by atoms with van der Waals surface area (Å²) in [6, 6.07) is 0. The van der Waals surface area contributed by atoms with Gasteiger partial charge in [-0.3, -0.25) is 0 Å². The molecule has 0 aromatic rings. The molecular weight excluding hydrogens is 387 g/mol. The van der Waals surface area contributed by atoms with Crippen LogP contribution in [-0.2, 0) is 85.7 Å². The molecule has 0 saturated heterocycles. The summed E-state index contributed by atoms with van der Waals surface area (Å²) in [5.41, 5.74) is 0. The molecule has 0 unspecified atom stereocenters. The van der Waals surface area contributed by atoms with Gasteiger partial charge in [-0.25, -0.2) is 0 Å². The van der Waals surface area contributed by atoms with Crippen LogP contribution in [0.4, 0.5) is 0 Å². The summed E-state index contributed by atoms with van der Waals surface area (Å²) in [6.45, 7) is 0. The van der Waals surface area contributed by atoms with Crippen LogP contribution in [-0.4, -0.2) is 16.6 Å². The molecule has 0 aliphatic heterocycles. The molecule has 1 radical (unpaired) electrons. The Kier molecular flexibility index (Phi) is 17.7. The fourth-order valence-electron chi connectivity index (χ4n) is 0. The molecule has 0 aliphatic carbocycles. The van der Waals surface area contributed by atoms with E-state index in [0.717, 1.165) is 0 Å². The van der Waals surface area contributed by atoms with Gasteiger partial charge in [0.25, 0.3) is 0 Å². The van der Waals surface area contributed by atoms with E-state index in [0.29, 0.717) is 0 Å². The Morgan fingerprint density at radius 1 is 0.667 bits per heavy atom. The molecule has 12 heavy (non-hydrogen) atoms. The molecule has 0 fully saturated rings. The molecule has 0 amide bonds. The average molecular weight is 391 g/mol. The van der Waals surface area contributed by atoms with Gasteiger partial charge in [-0.2, -0.15) is 0 Å². The van der Waals surface area contributed by atoms with Gasteiger partial charge in [-0.1, -0.05) is 0 Å². The predicted molar refractivity (Wildman–Crippen MR) is 11.6 cm³/mol. The summed E-state index contributed by atoms with van der Waals surface area (Å²) in [6.07, 6.45) is 0. The van der Waals surface area contributed by atoms with Crippen LogP contribution < -0.4 is 0 Å². The Hall–Kier alpha value is 1.51. The first kappa shape index (κ1) is 23.4. The largest absolute Gasteiger partial charge is 0 e. The minimum Gasteiger partial charge on any atom is 0 e. The second-order valence-corrected chi connectivity index (χ2v) is 3.69. The number of hydrogen-bond acceptors (Lipinski definition) is 4. The van der Waals surface area contributed by atoms with Crippen molar-refractivity contribution in [3.05, 3.63) is 0 Å². The maximum Gasteiger partial charge on any atom is 0 e. The van der Waals surface area contributed by atoms with E-state index >= 15 is 0 Å². The molecular formula is H4Cr2CuO8Zr. The van der Waals surface area contributed by atoms with Gasteiger partial charge in [0.05, 0.1) is 0 Å². The van der Waals surface area contributed by atoms with Crippen LogP contribution in [0.15, 0.2) is 0 Å². The van der Waals surface area contributed by atoms with Crippen molar-refractivity contribution in [2.24, 2.45) is 0 Å². The zero-order valence-corrected chi connectivity index (χ0v) is 11.0. The minimum absolute atomic E-state index is 0. The van der Waals surface area contributed by atoms with Crippen LogP contribution in [0, 0.1) is 0 Å². The summed E-state index contributed by atoms with van der Waals surface area (Å²) in [5.74, 6) is 0. The maximum atomic E-state index is 8.82. The van der Waals surface area contributed by atoms with Gasteiger partial charge in [0, 0.05) is 43.3 Å². The molecule has 0 rings (SSSR count). The first-order valence-corrected chi connectivity index (χ1v) is 5.76. The van der Waals surface area contributed by atoms with Gasteiger partial charge in [0.1, 0.15) is 0 Å². The van der Waals surface area contributed by atoms with Crippen molar-refractivity contribution in [2.75, 3.05) is 0 Å². The van der Waals surface area contributed by atoms with E-state index in [1.165, 1.54) is 0 Å². The molecule has 12 heteroatoms. The zero-order valence-electron chi connectivity index (χ0n) is 5.04. The monoisotopic (exact) mass is 389 g/mol. The second kappa shape index (κ2) is 9.08. The Labute approximate surface area is 101 Å². The van der Waals surface area contributed by atoms with E-state index in [9.17, 15) is 0 Å². The smallest absolute Gasteiger partial charge is 0 e. The van der Waals surface area contributed by atoms with E-state index in [1.807, 2.05) is 0 Å². The molecule has 0 aromatic heterocycles. The Morgan fingerprint density at radius 3 is 0.667 bits per heavy atom. The first-order chi connectivity index (χ1) is 4.00. The molecule has 0 spiro atoms. The van der Waals surface area contributed by atoms with E-state index in [1.54, 1.807) is 0 Å². The van der Waals surface area contributed by atoms with Gasteiger partial charge >= 0.3 is 59.1 Å². The van der Waals surface area contributed by atoms with Crippen molar-refractivity contribution in [3.63, 3.8) is 0 Å². The van der Waals surface area contributed by atoms with Crippen LogP contribution >= 0.6 is 0 Å². The third-order valence-electron chi connectivity index (χ3n) is 0. The molecule has 0 aromatic carbocycles. The molecule has 0 bridgehead atoms. The quantitative estimate of drug-likeness (QED) is 0.326.